The first-order valence-electron chi connectivity index (χ1n) is 7.35. The van der Waals surface area contributed by atoms with E-state index in [1.807, 2.05) is 38.1 Å². The SMILES string of the molecule is CCOc1ccc(NC(=O)Cc2ccccc2C)cc1CO. The lowest BCUT2D eigenvalue weighted by atomic mass is 10.1. The zero-order valence-corrected chi connectivity index (χ0v) is 12.9. The molecule has 0 heterocycles. The van der Waals surface area contributed by atoms with E-state index >= 15 is 0 Å². The number of aliphatic hydroxyl groups excluding tert-OH is 1. The van der Waals surface area contributed by atoms with Gasteiger partial charge in [0, 0.05) is 11.3 Å². The quantitative estimate of drug-likeness (QED) is 0.862. The molecule has 4 heteroatoms. The van der Waals surface area contributed by atoms with Gasteiger partial charge in [0.05, 0.1) is 19.6 Å². The number of aryl methyl sites for hydroxylation is 1. The lowest BCUT2D eigenvalue weighted by Crippen LogP contribution is -2.15. The number of amides is 1. The topological polar surface area (TPSA) is 58.6 Å². The molecule has 0 fully saturated rings. The van der Waals surface area contributed by atoms with Gasteiger partial charge in [-0.1, -0.05) is 24.3 Å². The van der Waals surface area contributed by atoms with Crippen LogP contribution in [0.15, 0.2) is 42.5 Å². The van der Waals surface area contributed by atoms with Crippen molar-refractivity contribution in [1.29, 1.82) is 0 Å². The van der Waals surface area contributed by atoms with Gasteiger partial charge in [-0.2, -0.15) is 0 Å². The molecule has 0 saturated carbocycles. The van der Waals surface area contributed by atoms with Gasteiger partial charge in [-0.05, 0) is 43.2 Å². The average molecular weight is 299 g/mol. The van der Waals surface area contributed by atoms with Crippen molar-refractivity contribution in [3.05, 3.63) is 59.2 Å². The summed E-state index contributed by atoms with van der Waals surface area (Å²) >= 11 is 0. The zero-order valence-electron chi connectivity index (χ0n) is 12.9. The highest BCUT2D eigenvalue weighted by molar-refractivity contribution is 5.92. The summed E-state index contributed by atoms with van der Waals surface area (Å²) < 4.78 is 5.43. The third-order valence-corrected chi connectivity index (χ3v) is 3.43. The maximum atomic E-state index is 12.1. The summed E-state index contributed by atoms with van der Waals surface area (Å²) in [5.74, 6) is 0.559. The number of nitrogens with one attached hydrogen (secondary N) is 1. The number of rotatable bonds is 6. The summed E-state index contributed by atoms with van der Waals surface area (Å²) in [5, 5.41) is 12.2. The molecule has 116 valence electrons. The van der Waals surface area contributed by atoms with Gasteiger partial charge in [0.25, 0.3) is 0 Å². The van der Waals surface area contributed by atoms with Crippen molar-refractivity contribution >= 4 is 11.6 Å². The molecule has 2 rings (SSSR count). The van der Waals surface area contributed by atoms with E-state index < -0.39 is 0 Å². The standard InChI is InChI=1S/C18H21NO3/c1-3-22-17-9-8-16(10-15(17)12-20)19-18(21)11-14-7-5-4-6-13(14)2/h4-10,20H,3,11-12H2,1-2H3,(H,19,21). The van der Waals surface area contributed by atoms with Crippen molar-refractivity contribution < 1.29 is 14.6 Å². The van der Waals surface area contributed by atoms with Crippen LogP contribution in [0.2, 0.25) is 0 Å². The highest BCUT2D eigenvalue weighted by atomic mass is 16.5. The Labute approximate surface area is 130 Å². The smallest absolute Gasteiger partial charge is 0.228 e. The molecule has 0 atom stereocenters. The second-order valence-corrected chi connectivity index (χ2v) is 5.07. The van der Waals surface area contributed by atoms with E-state index in [0.717, 1.165) is 11.1 Å². The van der Waals surface area contributed by atoms with Gasteiger partial charge in [-0.25, -0.2) is 0 Å². The number of ether oxygens (including phenoxy) is 1. The first kappa shape index (κ1) is 16.0. The van der Waals surface area contributed by atoms with E-state index in [2.05, 4.69) is 5.32 Å². The van der Waals surface area contributed by atoms with Gasteiger partial charge in [0.15, 0.2) is 0 Å². The minimum Gasteiger partial charge on any atom is -0.494 e. The molecule has 2 N–H and O–H groups in total. The molecule has 0 aliphatic rings. The Kier molecular flexibility index (Phi) is 5.55. The van der Waals surface area contributed by atoms with Gasteiger partial charge >= 0.3 is 0 Å². The number of carbonyl (C=O) groups excluding carboxylic acids is 1. The van der Waals surface area contributed by atoms with Gasteiger partial charge in [-0.15, -0.1) is 0 Å². The normalized spacial score (nSPS) is 10.3. The van der Waals surface area contributed by atoms with E-state index in [1.54, 1.807) is 18.2 Å². The second-order valence-electron chi connectivity index (χ2n) is 5.07. The van der Waals surface area contributed by atoms with Crippen molar-refractivity contribution in [3.63, 3.8) is 0 Å². The Balaban J connectivity index is 2.07. The van der Waals surface area contributed by atoms with E-state index in [9.17, 15) is 9.90 Å². The van der Waals surface area contributed by atoms with Crippen LogP contribution >= 0.6 is 0 Å². The highest BCUT2D eigenvalue weighted by Crippen LogP contribution is 2.23. The molecule has 0 spiro atoms. The Hall–Kier alpha value is -2.33. The van der Waals surface area contributed by atoms with Crippen LogP contribution in [0.5, 0.6) is 5.75 Å². The monoisotopic (exact) mass is 299 g/mol. The van der Waals surface area contributed by atoms with Crippen molar-refractivity contribution in [2.45, 2.75) is 26.9 Å². The van der Waals surface area contributed by atoms with Crippen LogP contribution in [0.4, 0.5) is 5.69 Å². The fourth-order valence-corrected chi connectivity index (χ4v) is 2.26. The van der Waals surface area contributed by atoms with Crippen molar-refractivity contribution in [3.8, 4) is 5.75 Å². The lowest BCUT2D eigenvalue weighted by molar-refractivity contribution is -0.115. The fraction of sp³-hybridized carbons (Fsp3) is 0.278. The van der Waals surface area contributed by atoms with Crippen LogP contribution < -0.4 is 10.1 Å². The van der Waals surface area contributed by atoms with Gasteiger partial charge in [0.2, 0.25) is 5.91 Å². The Morgan fingerprint density at radius 3 is 2.64 bits per heavy atom. The minimum absolute atomic E-state index is 0.0812. The number of benzene rings is 2. The Bertz CT molecular complexity index is 653. The largest absolute Gasteiger partial charge is 0.494 e. The first-order chi connectivity index (χ1) is 10.6. The molecule has 0 radical (unpaired) electrons. The summed E-state index contributed by atoms with van der Waals surface area (Å²) in [7, 11) is 0. The minimum atomic E-state index is -0.128. The number of anilines is 1. The fourth-order valence-electron chi connectivity index (χ4n) is 2.26. The van der Waals surface area contributed by atoms with Crippen molar-refractivity contribution in [2.75, 3.05) is 11.9 Å². The van der Waals surface area contributed by atoms with Gasteiger partial charge in [-0.3, -0.25) is 4.79 Å². The third-order valence-electron chi connectivity index (χ3n) is 3.43. The maximum Gasteiger partial charge on any atom is 0.228 e. The third kappa shape index (κ3) is 4.09. The molecule has 0 saturated heterocycles. The number of hydrogen-bond acceptors (Lipinski definition) is 3. The Morgan fingerprint density at radius 1 is 1.18 bits per heavy atom. The van der Waals surface area contributed by atoms with Crippen LogP contribution in [0, 0.1) is 6.92 Å². The van der Waals surface area contributed by atoms with Crippen molar-refractivity contribution in [1.82, 2.24) is 0 Å². The summed E-state index contributed by atoms with van der Waals surface area (Å²) in [5.41, 5.74) is 3.43. The molecule has 0 unspecified atom stereocenters. The molecule has 2 aromatic rings. The second kappa shape index (κ2) is 7.61. The highest BCUT2D eigenvalue weighted by Gasteiger charge is 2.09. The number of carbonyl (C=O) groups is 1. The van der Waals surface area contributed by atoms with Gasteiger partial charge < -0.3 is 15.2 Å². The summed E-state index contributed by atoms with van der Waals surface area (Å²) in [6.45, 7) is 4.28. The summed E-state index contributed by atoms with van der Waals surface area (Å²) in [4.78, 5) is 12.1. The Morgan fingerprint density at radius 2 is 1.95 bits per heavy atom. The zero-order chi connectivity index (χ0) is 15.9. The number of hydrogen-bond donors (Lipinski definition) is 2. The van der Waals surface area contributed by atoms with E-state index in [-0.39, 0.29) is 12.5 Å². The van der Waals surface area contributed by atoms with Crippen LogP contribution in [-0.2, 0) is 17.8 Å². The molecule has 0 aliphatic carbocycles. The molecule has 4 nitrogen and oxygen atoms in total. The predicted octanol–water partition coefficient (Wildman–Crippen LogP) is 3.07. The molecule has 22 heavy (non-hydrogen) atoms. The van der Waals surface area contributed by atoms with Crippen LogP contribution in [0.1, 0.15) is 23.6 Å². The molecule has 2 aromatic carbocycles. The molecular weight excluding hydrogens is 278 g/mol. The van der Waals surface area contributed by atoms with Crippen LogP contribution in [0.3, 0.4) is 0 Å². The maximum absolute atomic E-state index is 12.1. The molecular formula is C18H21NO3. The van der Waals surface area contributed by atoms with E-state index in [1.165, 1.54) is 0 Å². The van der Waals surface area contributed by atoms with Gasteiger partial charge in [0.1, 0.15) is 5.75 Å². The number of aliphatic hydroxyl groups is 1. The van der Waals surface area contributed by atoms with Crippen LogP contribution in [-0.4, -0.2) is 17.6 Å². The predicted molar refractivity (Wildman–Crippen MR) is 87.0 cm³/mol. The molecule has 0 aliphatic heterocycles. The summed E-state index contributed by atoms with van der Waals surface area (Å²) in [6.07, 6.45) is 0.328. The van der Waals surface area contributed by atoms with Crippen molar-refractivity contribution in [2.24, 2.45) is 0 Å². The molecule has 1 amide bonds. The average Bonchev–Trinajstić information content (AvgIpc) is 2.51. The van der Waals surface area contributed by atoms with E-state index in [4.69, 9.17) is 4.74 Å². The molecule has 0 bridgehead atoms. The first-order valence-corrected chi connectivity index (χ1v) is 7.35. The summed E-state index contributed by atoms with van der Waals surface area (Å²) in [6, 6.07) is 13.1. The molecule has 0 aromatic heterocycles. The van der Waals surface area contributed by atoms with E-state index in [0.29, 0.717) is 30.0 Å². The van der Waals surface area contributed by atoms with Crippen LogP contribution in [0.25, 0.3) is 0 Å². The lowest BCUT2D eigenvalue weighted by Gasteiger charge is -2.12.